The van der Waals surface area contributed by atoms with Gasteiger partial charge >= 0.3 is 0 Å². The molecule has 20 heavy (non-hydrogen) atoms. The molecule has 1 heterocycles. The summed E-state index contributed by atoms with van der Waals surface area (Å²) < 4.78 is 5.30. The van der Waals surface area contributed by atoms with Gasteiger partial charge in [0.25, 0.3) is 5.91 Å². The first-order chi connectivity index (χ1) is 9.72. The Hall–Kier alpha value is -2.23. The van der Waals surface area contributed by atoms with Crippen LogP contribution in [0.25, 0.3) is 0 Å². The normalized spacial score (nSPS) is 11.9. The van der Waals surface area contributed by atoms with E-state index in [-0.39, 0.29) is 11.9 Å². The standard InChI is InChI=1S/C16H20N2O2/c1-3-10-17-14-8-5-4-7-13(14)16(19)18-12(2)15-9-6-11-20-15/h4-9,11-12,17H,3,10H2,1-2H3,(H,18,19)/t12-/m0/s1. The fourth-order valence-corrected chi connectivity index (χ4v) is 1.98. The lowest BCUT2D eigenvalue weighted by atomic mass is 10.1. The molecule has 0 fully saturated rings. The minimum Gasteiger partial charge on any atom is -0.467 e. The molecule has 4 heteroatoms. The number of nitrogens with one attached hydrogen (secondary N) is 2. The summed E-state index contributed by atoms with van der Waals surface area (Å²) in [6.45, 7) is 4.84. The van der Waals surface area contributed by atoms with Gasteiger partial charge in [0.2, 0.25) is 0 Å². The van der Waals surface area contributed by atoms with Crippen molar-refractivity contribution in [1.82, 2.24) is 5.32 Å². The number of hydrogen-bond donors (Lipinski definition) is 2. The zero-order chi connectivity index (χ0) is 14.4. The Morgan fingerprint density at radius 2 is 2.05 bits per heavy atom. The van der Waals surface area contributed by atoms with Gasteiger partial charge in [0.15, 0.2) is 0 Å². The van der Waals surface area contributed by atoms with Gasteiger partial charge in [-0.2, -0.15) is 0 Å². The van der Waals surface area contributed by atoms with E-state index in [0.717, 1.165) is 24.4 Å². The first kappa shape index (κ1) is 14.2. The van der Waals surface area contributed by atoms with E-state index in [9.17, 15) is 4.79 Å². The Labute approximate surface area is 119 Å². The predicted molar refractivity (Wildman–Crippen MR) is 79.8 cm³/mol. The second-order valence-corrected chi connectivity index (χ2v) is 4.68. The summed E-state index contributed by atoms with van der Waals surface area (Å²) in [7, 11) is 0. The van der Waals surface area contributed by atoms with Crippen molar-refractivity contribution in [3.8, 4) is 0 Å². The molecule has 0 aliphatic heterocycles. The molecule has 0 radical (unpaired) electrons. The van der Waals surface area contributed by atoms with Crippen LogP contribution in [0, 0.1) is 0 Å². The SMILES string of the molecule is CCCNc1ccccc1C(=O)N[C@@H](C)c1ccco1. The highest BCUT2D eigenvalue weighted by molar-refractivity contribution is 5.99. The summed E-state index contributed by atoms with van der Waals surface area (Å²) in [6.07, 6.45) is 2.62. The Balaban J connectivity index is 2.09. The second-order valence-electron chi connectivity index (χ2n) is 4.68. The van der Waals surface area contributed by atoms with Crippen LogP contribution < -0.4 is 10.6 Å². The third-order valence-electron chi connectivity index (χ3n) is 3.05. The molecule has 0 unspecified atom stereocenters. The zero-order valence-corrected chi connectivity index (χ0v) is 11.8. The fraction of sp³-hybridized carbons (Fsp3) is 0.312. The average molecular weight is 272 g/mol. The highest BCUT2D eigenvalue weighted by Crippen LogP contribution is 2.18. The number of para-hydroxylation sites is 1. The van der Waals surface area contributed by atoms with Crippen molar-refractivity contribution in [1.29, 1.82) is 0 Å². The van der Waals surface area contributed by atoms with E-state index >= 15 is 0 Å². The van der Waals surface area contributed by atoms with Crippen molar-refractivity contribution >= 4 is 11.6 Å². The summed E-state index contributed by atoms with van der Waals surface area (Å²) in [6, 6.07) is 11.0. The molecule has 0 saturated carbocycles. The van der Waals surface area contributed by atoms with Gasteiger partial charge < -0.3 is 15.1 Å². The molecule has 4 nitrogen and oxygen atoms in total. The number of amides is 1. The van der Waals surface area contributed by atoms with Crippen molar-refractivity contribution in [3.63, 3.8) is 0 Å². The van der Waals surface area contributed by atoms with E-state index in [1.165, 1.54) is 0 Å². The van der Waals surface area contributed by atoms with Crippen LogP contribution in [0.1, 0.15) is 42.4 Å². The molecular weight excluding hydrogens is 252 g/mol. The van der Waals surface area contributed by atoms with Crippen molar-refractivity contribution in [2.45, 2.75) is 26.3 Å². The van der Waals surface area contributed by atoms with E-state index in [0.29, 0.717) is 5.56 Å². The van der Waals surface area contributed by atoms with E-state index in [1.54, 1.807) is 6.26 Å². The molecule has 0 aliphatic rings. The first-order valence-electron chi connectivity index (χ1n) is 6.89. The van der Waals surface area contributed by atoms with Gasteiger partial charge in [0.05, 0.1) is 17.9 Å². The molecule has 1 aromatic carbocycles. The summed E-state index contributed by atoms with van der Waals surface area (Å²) in [5.74, 6) is 0.644. The van der Waals surface area contributed by atoms with Gasteiger partial charge in [-0.05, 0) is 37.6 Å². The summed E-state index contributed by atoms with van der Waals surface area (Å²) in [5, 5.41) is 6.21. The molecular formula is C16H20N2O2. The van der Waals surface area contributed by atoms with Crippen LogP contribution >= 0.6 is 0 Å². The first-order valence-corrected chi connectivity index (χ1v) is 6.89. The van der Waals surface area contributed by atoms with Gasteiger partial charge in [-0.15, -0.1) is 0 Å². The third-order valence-corrected chi connectivity index (χ3v) is 3.05. The molecule has 1 amide bonds. The van der Waals surface area contributed by atoms with Crippen LogP contribution in [0.15, 0.2) is 47.1 Å². The highest BCUT2D eigenvalue weighted by Gasteiger charge is 2.15. The lowest BCUT2D eigenvalue weighted by Crippen LogP contribution is -2.27. The highest BCUT2D eigenvalue weighted by atomic mass is 16.3. The molecule has 2 rings (SSSR count). The number of furan rings is 1. The summed E-state index contributed by atoms with van der Waals surface area (Å²) in [5.41, 5.74) is 1.51. The van der Waals surface area contributed by atoms with Crippen molar-refractivity contribution < 1.29 is 9.21 Å². The monoisotopic (exact) mass is 272 g/mol. The maximum atomic E-state index is 12.3. The largest absolute Gasteiger partial charge is 0.467 e. The fourth-order valence-electron chi connectivity index (χ4n) is 1.98. The minimum absolute atomic E-state index is 0.104. The Morgan fingerprint density at radius 3 is 2.75 bits per heavy atom. The van der Waals surface area contributed by atoms with Crippen LogP contribution in [-0.2, 0) is 0 Å². The molecule has 0 spiro atoms. The Bertz CT molecular complexity index is 549. The lowest BCUT2D eigenvalue weighted by molar-refractivity contribution is 0.0936. The molecule has 1 aromatic heterocycles. The van der Waals surface area contributed by atoms with Gasteiger partial charge in [-0.1, -0.05) is 19.1 Å². The Kier molecular flexibility index (Phi) is 4.82. The van der Waals surface area contributed by atoms with E-state index in [2.05, 4.69) is 17.6 Å². The number of rotatable bonds is 6. The summed E-state index contributed by atoms with van der Waals surface area (Å²) in [4.78, 5) is 12.3. The quantitative estimate of drug-likeness (QED) is 0.845. The molecule has 0 aliphatic carbocycles. The molecule has 2 N–H and O–H groups in total. The predicted octanol–water partition coefficient (Wildman–Crippen LogP) is 3.59. The topological polar surface area (TPSA) is 54.3 Å². The van der Waals surface area contributed by atoms with E-state index in [4.69, 9.17) is 4.42 Å². The van der Waals surface area contributed by atoms with Crippen LogP contribution in [0.4, 0.5) is 5.69 Å². The van der Waals surface area contributed by atoms with Crippen LogP contribution in [-0.4, -0.2) is 12.5 Å². The van der Waals surface area contributed by atoms with Crippen LogP contribution in [0.3, 0.4) is 0 Å². The van der Waals surface area contributed by atoms with Crippen molar-refractivity contribution in [2.75, 3.05) is 11.9 Å². The number of carbonyl (C=O) groups is 1. The molecule has 1 atom stereocenters. The second kappa shape index (κ2) is 6.80. The molecule has 0 bridgehead atoms. The van der Waals surface area contributed by atoms with E-state index < -0.39 is 0 Å². The van der Waals surface area contributed by atoms with Crippen LogP contribution in [0.2, 0.25) is 0 Å². The van der Waals surface area contributed by atoms with Crippen molar-refractivity contribution in [2.24, 2.45) is 0 Å². The third kappa shape index (κ3) is 3.41. The maximum absolute atomic E-state index is 12.3. The minimum atomic E-state index is -0.156. The number of carbonyl (C=O) groups excluding carboxylic acids is 1. The maximum Gasteiger partial charge on any atom is 0.253 e. The van der Waals surface area contributed by atoms with Gasteiger partial charge in [0.1, 0.15) is 5.76 Å². The average Bonchev–Trinajstić information content (AvgIpc) is 2.99. The van der Waals surface area contributed by atoms with Gasteiger partial charge in [-0.3, -0.25) is 4.79 Å². The molecule has 106 valence electrons. The van der Waals surface area contributed by atoms with Gasteiger partial charge in [0, 0.05) is 12.2 Å². The smallest absolute Gasteiger partial charge is 0.253 e. The summed E-state index contributed by atoms with van der Waals surface area (Å²) >= 11 is 0. The van der Waals surface area contributed by atoms with E-state index in [1.807, 2.05) is 43.3 Å². The zero-order valence-electron chi connectivity index (χ0n) is 11.8. The molecule has 0 saturated heterocycles. The molecule has 2 aromatic rings. The lowest BCUT2D eigenvalue weighted by Gasteiger charge is -2.14. The number of benzene rings is 1. The Morgan fingerprint density at radius 1 is 1.25 bits per heavy atom. The number of anilines is 1. The van der Waals surface area contributed by atoms with Crippen LogP contribution in [0.5, 0.6) is 0 Å². The van der Waals surface area contributed by atoms with Gasteiger partial charge in [-0.25, -0.2) is 0 Å². The van der Waals surface area contributed by atoms with Crippen molar-refractivity contribution in [3.05, 3.63) is 54.0 Å². The number of hydrogen-bond acceptors (Lipinski definition) is 3.